The normalized spacial score (nSPS) is 14.8. The van der Waals surface area contributed by atoms with Crippen molar-refractivity contribution in [3.63, 3.8) is 0 Å². The Morgan fingerprint density at radius 2 is 1.15 bits per heavy atom. The van der Waals surface area contributed by atoms with Crippen molar-refractivity contribution in [2.75, 3.05) is 0 Å². The molecule has 0 fully saturated rings. The molecule has 3 aromatic carbocycles. The van der Waals surface area contributed by atoms with E-state index in [0.717, 1.165) is 113 Å². The fourth-order valence-corrected chi connectivity index (χ4v) is 8.81. The minimum absolute atomic E-state index is 0. The van der Waals surface area contributed by atoms with Gasteiger partial charge in [-0.3, -0.25) is 19.2 Å². The number of fused-ring (bicyclic) bond motifs is 9. The lowest BCUT2D eigenvalue weighted by atomic mass is 9.85. The molecule has 61 heavy (non-hydrogen) atoms. The standard InChI is InChI=1S/C18H19N3O.C14H13NO.C13H13NO.C2H4O2.4CH4/c1-12-19-9-10-21(12)11-13-7-8-16-17(18(13)22)14-5-3-4-6-15(14)20(16)2;1-9-7-8-12-13(14(9)16)10-5-3-4-6-11(10)15(12)2;1-14-10-6-3-2-5-9(10)13-11(14)7-4-8-12(13)15;1-2(3)4;;;;/h3-6,9-10,13H,7-8,11H2,1-2H3;3-6H,1,7-8H2,2H3;2-3,5-6H,4,7-8H2,1H3;1H3,(H,3,4);4*1H4. The lowest BCUT2D eigenvalue weighted by Crippen LogP contribution is -2.27. The maximum absolute atomic E-state index is 13.0. The van der Waals surface area contributed by atoms with E-state index < -0.39 is 5.97 Å². The number of carboxylic acids is 1. The van der Waals surface area contributed by atoms with Crippen LogP contribution in [0.15, 0.2) is 97.3 Å². The van der Waals surface area contributed by atoms with Crippen LogP contribution >= 0.6 is 0 Å². The molecule has 0 spiro atoms. The van der Waals surface area contributed by atoms with Gasteiger partial charge in [0.15, 0.2) is 17.3 Å². The van der Waals surface area contributed by atoms with Gasteiger partial charge in [-0.1, -0.05) is 90.9 Å². The van der Waals surface area contributed by atoms with Gasteiger partial charge in [-0.2, -0.15) is 0 Å². The predicted octanol–water partition coefficient (Wildman–Crippen LogP) is 11.3. The van der Waals surface area contributed by atoms with E-state index in [9.17, 15) is 14.4 Å². The molecule has 0 saturated carbocycles. The second-order valence-electron chi connectivity index (χ2n) is 15.1. The first kappa shape index (κ1) is 49.1. The minimum atomic E-state index is -0.833. The molecule has 10 nitrogen and oxygen atoms in total. The van der Waals surface area contributed by atoms with E-state index in [0.29, 0.717) is 12.2 Å². The van der Waals surface area contributed by atoms with Crippen LogP contribution in [0.3, 0.4) is 0 Å². The largest absolute Gasteiger partial charge is 0.481 e. The highest BCUT2D eigenvalue weighted by Gasteiger charge is 2.32. The van der Waals surface area contributed by atoms with Crippen molar-refractivity contribution in [3.8, 4) is 0 Å². The second-order valence-corrected chi connectivity index (χ2v) is 15.1. The van der Waals surface area contributed by atoms with Crippen LogP contribution in [-0.4, -0.2) is 51.7 Å². The number of carbonyl (C=O) groups excluding carboxylic acids is 3. The first-order valence-electron chi connectivity index (χ1n) is 19.5. The smallest absolute Gasteiger partial charge is 0.300 e. The van der Waals surface area contributed by atoms with Crippen LogP contribution in [0.25, 0.3) is 32.7 Å². The Hall–Kier alpha value is -6.29. The van der Waals surface area contributed by atoms with Crippen LogP contribution in [-0.2, 0) is 51.7 Å². The van der Waals surface area contributed by atoms with Gasteiger partial charge in [0.2, 0.25) is 0 Å². The zero-order valence-electron chi connectivity index (χ0n) is 33.3. The van der Waals surface area contributed by atoms with Gasteiger partial charge in [0, 0.05) is 120 Å². The summed E-state index contributed by atoms with van der Waals surface area (Å²) in [5.41, 5.74) is 10.5. The number of allylic oxidation sites excluding steroid dienone is 1. The third kappa shape index (κ3) is 9.23. The summed E-state index contributed by atoms with van der Waals surface area (Å²) in [6.07, 6.45) is 10.1. The molecule has 7 aromatic rings. The van der Waals surface area contributed by atoms with Crippen molar-refractivity contribution < 1.29 is 24.3 Å². The first-order valence-corrected chi connectivity index (χ1v) is 19.5. The maximum Gasteiger partial charge on any atom is 0.300 e. The Balaban J connectivity index is 0.000000230. The molecule has 1 N–H and O–H groups in total. The second kappa shape index (κ2) is 20.3. The summed E-state index contributed by atoms with van der Waals surface area (Å²) >= 11 is 0. The van der Waals surface area contributed by atoms with Crippen molar-refractivity contribution in [3.05, 3.63) is 137 Å². The first-order chi connectivity index (χ1) is 27.4. The Bertz CT molecular complexity index is 2720. The molecule has 4 aromatic heterocycles. The number of Topliss-reactive ketones (excluding diaryl/α,β-unsaturated/α-hetero) is 3. The van der Waals surface area contributed by atoms with Crippen LogP contribution < -0.4 is 0 Å². The van der Waals surface area contributed by atoms with Crippen molar-refractivity contribution in [2.24, 2.45) is 27.1 Å². The Kier molecular flexibility index (Phi) is 16.3. The summed E-state index contributed by atoms with van der Waals surface area (Å²) in [5, 5.41) is 10.7. The van der Waals surface area contributed by atoms with Gasteiger partial charge >= 0.3 is 0 Å². The quantitative estimate of drug-likeness (QED) is 0.173. The Morgan fingerprint density at radius 1 is 0.689 bits per heavy atom. The predicted molar refractivity (Wildman–Crippen MR) is 251 cm³/mol. The average Bonchev–Trinajstić information content (AvgIpc) is 3.92. The lowest BCUT2D eigenvalue weighted by Gasteiger charge is -2.23. The van der Waals surface area contributed by atoms with Crippen LogP contribution in [0.5, 0.6) is 0 Å². The molecular weight excluding hydrogens is 763 g/mol. The molecule has 0 aliphatic heterocycles. The summed E-state index contributed by atoms with van der Waals surface area (Å²) < 4.78 is 8.57. The number of carbonyl (C=O) groups is 4. The Morgan fingerprint density at radius 3 is 1.66 bits per heavy atom. The van der Waals surface area contributed by atoms with E-state index in [4.69, 9.17) is 9.90 Å². The van der Waals surface area contributed by atoms with E-state index in [-0.39, 0.29) is 47.2 Å². The highest BCUT2D eigenvalue weighted by molar-refractivity contribution is 6.18. The van der Waals surface area contributed by atoms with Crippen molar-refractivity contribution in [1.29, 1.82) is 0 Å². The molecule has 3 aliphatic rings. The SMILES string of the molecule is C.C.C.C.C=C1CCc2c(c3ccccc3n2C)C1=O.CC(=O)O.Cc1nccn1CC1CCc2c(c3ccccc3n2C)C1=O.Cn1c2c(c3ccccc31)C(=O)CCC2. The molecule has 0 saturated heterocycles. The number of ketones is 3. The summed E-state index contributed by atoms with van der Waals surface area (Å²) in [4.78, 5) is 50.3. The lowest BCUT2D eigenvalue weighted by molar-refractivity contribution is -0.134. The number of nitrogens with zero attached hydrogens (tertiary/aromatic N) is 5. The summed E-state index contributed by atoms with van der Waals surface area (Å²) in [6.45, 7) is 7.65. The van der Waals surface area contributed by atoms with Crippen LogP contribution in [0.2, 0.25) is 0 Å². The number of benzene rings is 3. The number of hydrogen-bond acceptors (Lipinski definition) is 5. The fourth-order valence-electron chi connectivity index (χ4n) is 8.81. The van der Waals surface area contributed by atoms with Gasteiger partial charge in [0.05, 0.1) is 5.56 Å². The monoisotopic (exact) mass is 827 g/mol. The molecule has 324 valence electrons. The summed E-state index contributed by atoms with van der Waals surface area (Å²) in [6, 6.07) is 24.4. The van der Waals surface area contributed by atoms with Crippen LogP contribution in [0.1, 0.15) is 116 Å². The summed E-state index contributed by atoms with van der Waals surface area (Å²) in [7, 11) is 6.15. The van der Waals surface area contributed by atoms with Crippen molar-refractivity contribution in [2.45, 2.75) is 95.0 Å². The topological polar surface area (TPSA) is 121 Å². The number of aliphatic carboxylic acids is 1. The third-order valence-electron chi connectivity index (χ3n) is 11.7. The van der Waals surface area contributed by atoms with Gasteiger partial charge in [-0.05, 0) is 69.2 Å². The van der Waals surface area contributed by atoms with Crippen molar-refractivity contribution in [1.82, 2.24) is 23.3 Å². The number of rotatable bonds is 2. The zero-order chi connectivity index (χ0) is 40.5. The van der Waals surface area contributed by atoms with Gasteiger partial charge in [-0.25, -0.2) is 4.98 Å². The van der Waals surface area contributed by atoms with Gasteiger partial charge in [0.25, 0.3) is 5.97 Å². The van der Waals surface area contributed by atoms with Crippen molar-refractivity contribution >= 4 is 56.0 Å². The van der Waals surface area contributed by atoms with Gasteiger partial charge < -0.3 is 23.4 Å². The fraction of sp³-hybridized carbons (Fsp3) is 0.353. The molecule has 0 radical (unpaired) electrons. The molecule has 0 amide bonds. The zero-order valence-corrected chi connectivity index (χ0v) is 33.3. The molecule has 0 bridgehead atoms. The molecular formula is C51H65N5O5. The summed E-state index contributed by atoms with van der Waals surface area (Å²) in [5.74, 6) is 0.903. The van der Waals surface area contributed by atoms with E-state index in [1.54, 1.807) is 6.20 Å². The molecule has 3 aliphatic carbocycles. The molecule has 4 heterocycles. The highest BCUT2D eigenvalue weighted by atomic mass is 16.4. The number of hydrogen-bond donors (Lipinski definition) is 1. The van der Waals surface area contributed by atoms with E-state index >= 15 is 0 Å². The number of carboxylic acid groups (broad SMARTS) is 1. The third-order valence-corrected chi connectivity index (χ3v) is 11.7. The number of para-hydroxylation sites is 3. The average molecular weight is 828 g/mol. The van der Waals surface area contributed by atoms with E-state index in [2.05, 4.69) is 74.3 Å². The van der Waals surface area contributed by atoms with Crippen LogP contribution in [0, 0.1) is 12.8 Å². The van der Waals surface area contributed by atoms with E-state index in [1.807, 2.05) is 62.6 Å². The highest BCUT2D eigenvalue weighted by Crippen LogP contribution is 2.35. The number of aromatic nitrogens is 5. The van der Waals surface area contributed by atoms with Gasteiger partial charge in [-0.15, -0.1) is 0 Å². The molecule has 10 heteroatoms. The van der Waals surface area contributed by atoms with Gasteiger partial charge in [0.1, 0.15) is 5.82 Å². The molecule has 1 unspecified atom stereocenters. The maximum atomic E-state index is 13.0. The van der Waals surface area contributed by atoms with E-state index in [1.165, 1.54) is 16.9 Å². The number of aryl methyl sites for hydroxylation is 4. The minimum Gasteiger partial charge on any atom is -0.481 e. The molecule has 1 atom stereocenters. The molecule has 10 rings (SSSR count). The number of imidazole rings is 1. The Labute approximate surface area is 361 Å². The van der Waals surface area contributed by atoms with Crippen LogP contribution in [0.4, 0.5) is 0 Å².